The van der Waals surface area contributed by atoms with Gasteiger partial charge in [-0.3, -0.25) is 4.90 Å². The van der Waals surface area contributed by atoms with E-state index in [1.54, 1.807) is 0 Å². The maximum atomic E-state index is 6.23. The summed E-state index contributed by atoms with van der Waals surface area (Å²) in [6.07, 6.45) is 2.16. The molecule has 1 aromatic rings. The molecule has 1 fully saturated rings. The van der Waals surface area contributed by atoms with Gasteiger partial charge in [0, 0.05) is 38.2 Å². The Bertz CT molecular complexity index is 446. The quantitative estimate of drug-likeness (QED) is 0.767. The molecular weight excluding hydrogens is 250 g/mol. The first kappa shape index (κ1) is 12.3. The first-order chi connectivity index (χ1) is 8.72. The highest BCUT2D eigenvalue weighted by Crippen LogP contribution is 2.25. The van der Waals surface area contributed by atoms with Crippen molar-refractivity contribution in [2.24, 2.45) is 5.92 Å². The first-order valence-corrected chi connectivity index (χ1v) is 6.92. The molecule has 0 saturated carbocycles. The molecule has 0 aromatic carbocycles. The second-order valence-corrected chi connectivity index (χ2v) is 5.56. The minimum atomic E-state index is 0.630. The molecule has 3 heterocycles. The molecule has 1 aromatic heterocycles. The fraction of sp³-hybridized carbons (Fsp3) is 0.692. The van der Waals surface area contributed by atoms with E-state index in [9.17, 15) is 0 Å². The van der Waals surface area contributed by atoms with E-state index in [1.807, 2.05) is 6.92 Å². The van der Waals surface area contributed by atoms with Gasteiger partial charge in [-0.2, -0.15) is 0 Å². The van der Waals surface area contributed by atoms with Crippen LogP contribution in [0.4, 0.5) is 0 Å². The van der Waals surface area contributed by atoms with Crippen molar-refractivity contribution in [3.63, 3.8) is 0 Å². The van der Waals surface area contributed by atoms with Crippen LogP contribution in [0.15, 0.2) is 0 Å². The average molecular weight is 268 g/mol. The van der Waals surface area contributed by atoms with Crippen LogP contribution in [0.25, 0.3) is 0 Å². The number of aryl methyl sites for hydroxylation is 1. The van der Waals surface area contributed by atoms with Crippen LogP contribution >= 0.6 is 11.6 Å². The standard InChI is InChI=1S/C13H18ClN3O/c1-9-15-12-2-4-17(6-10-3-5-18-8-10)7-11(12)13(14)16-9/h10H,2-8H2,1H3. The Kier molecular flexibility index (Phi) is 3.50. The number of ether oxygens (including phenoxy) is 1. The highest BCUT2D eigenvalue weighted by Gasteiger charge is 2.24. The molecule has 1 saturated heterocycles. The van der Waals surface area contributed by atoms with Crippen LogP contribution < -0.4 is 0 Å². The minimum absolute atomic E-state index is 0.630. The van der Waals surface area contributed by atoms with Gasteiger partial charge in [-0.05, 0) is 19.3 Å². The van der Waals surface area contributed by atoms with Gasteiger partial charge < -0.3 is 4.74 Å². The molecule has 0 N–H and O–H groups in total. The molecule has 1 unspecified atom stereocenters. The van der Waals surface area contributed by atoms with Crippen LogP contribution in [0.2, 0.25) is 5.15 Å². The van der Waals surface area contributed by atoms with Gasteiger partial charge in [0.05, 0.1) is 12.3 Å². The molecule has 0 bridgehead atoms. The lowest BCUT2D eigenvalue weighted by molar-refractivity contribution is 0.161. The number of hydrogen-bond acceptors (Lipinski definition) is 4. The number of hydrogen-bond donors (Lipinski definition) is 0. The molecule has 1 atom stereocenters. The summed E-state index contributed by atoms with van der Waals surface area (Å²) < 4.78 is 5.43. The largest absolute Gasteiger partial charge is 0.381 e. The van der Waals surface area contributed by atoms with Crippen LogP contribution in [-0.4, -0.2) is 41.2 Å². The highest BCUT2D eigenvalue weighted by atomic mass is 35.5. The fourth-order valence-corrected chi connectivity index (χ4v) is 3.09. The molecule has 98 valence electrons. The van der Waals surface area contributed by atoms with Crippen molar-refractivity contribution in [1.29, 1.82) is 0 Å². The Labute approximate surface area is 112 Å². The number of aromatic nitrogens is 2. The van der Waals surface area contributed by atoms with Crippen molar-refractivity contribution in [2.45, 2.75) is 26.3 Å². The van der Waals surface area contributed by atoms with Crippen LogP contribution in [-0.2, 0) is 17.7 Å². The zero-order chi connectivity index (χ0) is 12.5. The monoisotopic (exact) mass is 267 g/mol. The lowest BCUT2D eigenvalue weighted by atomic mass is 10.0. The molecule has 0 radical (unpaired) electrons. The summed E-state index contributed by atoms with van der Waals surface area (Å²) in [5.74, 6) is 1.45. The van der Waals surface area contributed by atoms with Crippen molar-refractivity contribution in [2.75, 3.05) is 26.3 Å². The normalized spacial score (nSPS) is 24.2. The zero-order valence-corrected chi connectivity index (χ0v) is 11.4. The molecule has 0 amide bonds. The lowest BCUT2D eigenvalue weighted by Crippen LogP contribution is -2.35. The van der Waals surface area contributed by atoms with Crippen molar-refractivity contribution in [3.05, 3.63) is 22.2 Å². The molecule has 0 spiro atoms. The van der Waals surface area contributed by atoms with E-state index in [0.717, 1.165) is 56.4 Å². The van der Waals surface area contributed by atoms with E-state index >= 15 is 0 Å². The third-order valence-corrected chi connectivity index (χ3v) is 4.05. The smallest absolute Gasteiger partial charge is 0.137 e. The number of nitrogens with zero attached hydrogens (tertiary/aromatic N) is 3. The molecule has 2 aliphatic rings. The van der Waals surface area contributed by atoms with Crippen molar-refractivity contribution in [1.82, 2.24) is 14.9 Å². The van der Waals surface area contributed by atoms with E-state index in [0.29, 0.717) is 11.1 Å². The predicted octanol–water partition coefficient (Wildman–Crippen LogP) is 1.83. The average Bonchev–Trinajstić information content (AvgIpc) is 2.83. The van der Waals surface area contributed by atoms with Gasteiger partial charge in [0.2, 0.25) is 0 Å². The lowest BCUT2D eigenvalue weighted by Gasteiger charge is -2.30. The van der Waals surface area contributed by atoms with Crippen LogP contribution in [0.1, 0.15) is 23.5 Å². The van der Waals surface area contributed by atoms with E-state index in [2.05, 4.69) is 14.9 Å². The summed E-state index contributed by atoms with van der Waals surface area (Å²) in [5.41, 5.74) is 2.25. The first-order valence-electron chi connectivity index (χ1n) is 6.54. The molecule has 3 rings (SSSR count). The number of fused-ring (bicyclic) bond motifs is 1. The summed E-state index contributed by atoms with van der Waals surface area (Å²) in [5, 5.41) is 0.630. The summed E-state index contributed by atoms with van der Waals surface area (Å²) in [6.45, 7) is 6.76. The summed E-state index contributed by atoms with van der Waals surface area (Å²) >= 11 is 6.23. The maximum absolute atomic E-state index is 6.23. The summed E-state index contributed by atoms with van der Waals surface area (Å²) in [6, 6.07) is 0. The Hall–Kier alpha value is -0.710. The summed E-state index contributed by atoms with van der Waals surface area (Å²) in [7, 11) is 0. The Morgan fingerprint density at radius 1 is 1.44 bits per heavy atom. The van der Waals surface area contributed by atoms with Gasteiger partial charge in [-0.1, -0.05) is 11.6 Å². The molecule has 4 nitrogen and oxygen atoms in total. The van der Waals surface area contributed by atoms with Gasteiger partial charge in [-0.15, -0.1) is 0 Å². The SMILES string of the molecule is Cc1nc(Cl)c2c(n1)CCN(CC1CCOC1)C2. The van der Waals surface area contributed by atoms with Crippen molar-refractivity contribution >= 4 is 11.6 Å². The minimum Gasteiger partial charge on any atom is -0.381 e. The topological polar surface area (TPSA) is 38.2 Å². The molecule has 0 aliphatic carbocycles. The molecule has 5 heteroatoms. The van der Waals surface area contributed by atoms with Gasteiger partial charge >= 0.3 is 0 Å². The van der Waals surface area contributed by atoms with E-state index in [4.69, 9.17) is 16.3 Å². The molecule has 18 heavy (non-hydrogen) atoms. The second-order valence-electron chi connectivity index (χ2n) is 5.20. The van der Waals surface area contributed by atoms with E-state index in [1.165, 1.54) is 6.42 Å². The maximum Gasteiger partial charge on any atom is 0.137 e. The second kappa shape index (κ2) is 5.11. The van der Waals surface area contributed by atoms with E-state index in [-0.39, 0.29) is 0 Å². The van der Waals surface area contributed by atoms with Crippen molar-refractivity contribution < 1.29 is 4.74 Å². The van der Waals surface area contributed by atoms with Crippen LogP contribution in [0, 0.1) is 12.8 Å². The Morgan fingerprint density at radius 2 is 2.33 bits per heavy atom. The van der Waals surface area contributed by atoms with Crippen LogP contribution in [0.3, 0.4) is 0 Å². The number of halogens is 1. The fourth-order valence-electron chi connectivity index (χ4n) is 2.79. The molecule has 2 aliphatic heterocycles. The zero-order valence-electron chi connectivity index (χ0n) is 10.7. The van der Waals surface area contributed by atoms with Gasteiger partial charge in [0.15, 0.2) is 0 Å². The Morgan fingerprint density at radius 3 is 3.11 bits per heavy atom. The molecular formula is C13H18ClN3O. The summed E-state index contributed by atoms with van der Waals surface area (Å²) in [4.78, 5) is 11.2. The van der Waals surface area contributed by atoms with E-state index < -0.39 is 0 Å². The third kappa shape index (κ3) is 2.51. The number of rotatable bonds is 2. The van der Waals surface area contributed by atoms with Crippen molar-refractivity contribution in [3.8, 4) is 0 Å². The Balaban J connectivity index is 1.72. The highest BCUT2D eigenvalue weighted by molar-refractivity contribution is 6.30. The van der Waals surface area contributed by atoms with Gasteiger partial charge in [0.25, 0.3) is 0 Å². The van der Waals surface area contributed by atoms with Crippen LogP contribution in [0.5, 0.6) is 0 Å². The third-order valence-electron chi connectivity index (χ3n) is 3.74. The predicted molar refractivity (Wildman–Crippen MR) is 69.7 cm³/mol. The van der Waals surface area contributed by atoms with Gasteiger partial charge in [0.1, 0.15) is 11.0 Å². The van der Waals surface area contributed by atoms with Gasteiger partial charge in [-0.25, -0.2) is 9.97 Å².